The number of hydrogen-bond acceptors (Lipinski definition) is 3. The van der Waals surface area contributed by atoms with Crippen LogP contribution in [0.5, 0.6) is 0 Å². The quantitative estimate of drug-likeness (QED) is 0.858. The van der Waals surface area contributed by atoms with E-state index in [4.69, 9.17) is 17.3 Å². The Balaban J connectivity index is 2.09. The first-order chi connectivity index (χ1) is 9.15. The number of rotatable bonds is 1. The summed E-state index contributed by atoms with van der Waals surface area (Å²) in [6, 6.07) is 5.75. The van der Waals surface area contributed by atoms with Crippen molar-refractivity contribution >= 4 is 27.5 Å². The van der Waals surface area contributed by atoms with E-state index < -0.39 is 0 Å². The molecule has 0 bridgehead atoms. The Morgan fingerprint density at radius 2 is 2.21 bits per heavy atom. The Morgan fingerprint density at radius 3 is 3.05 bits per heavy atom. The lowest BCUT2D eigenvalue weighted by Crippen LogP contribution is -2.19. The monoisotopic (exact) mass is 337 g/mol. The van der Waals surface area contributed by atoms with E-state index in [-0.39, 0.29) is 6.04 Å². The van der Waals surface area contributed by atoms with Gasteiger partial charge in [0.2, 0.25) is 0 Å². The van der Waals surface area contributed by atoms with Gasteiger partial charge in [-0.15, -0.1) is 0 Å². The van der Waals surface area contributed by atoms with Crippen LogP contribution in [-0.2, 0) is 6.42 Å². The largest absolute Gasteiger partial charge is 0.324 e. The minimum Gasteiger partial charge on any atom is -0.324 e. The van der Waals surface area contributed by atoms with E-state index in [0.717, 1.165) is 40.6 Å². The van der Waals surface area contributed by atoms with Crippen LogP contribution in [0.2, 0.25) is 5.02 Å². The van der Waals surface area contributed by atoms with E-state index in [1.807, 2.05) is 24.4 Å². The fourth-order valence-electron chi connectivity index (χ4n) is 2.38. The first-order valence-corrected chi connectivity index (χ1v) is 7.39. The lowest BCUT2D eigenvalue weighted by molar-refractivity contribution is 0.557. The van der Waals surface area contributed by atoms with Gasteiger partial charge in [-0.25, -0.2) is 9.97 Å². The molecule has 0 saturated heterocycles. The van der Waals surface area contributed by atoms with Crippen LogP contribution in [0.4, 0.5) is 0 Å². The summed E-state index contributed by atoms with van der Waals surface area (Å²) in [6.45, 7) is 0. The van der Waals surface area contributed by atoms with Crippen LogP contribution in [-0.4, -0.2) is 9.97 Å². The van der Waals surface area contributed by atoms with Crippen LogP contribution in [0.1, 0.15) is 30.1 Å². The fraction of sp³-hybridized carbons (Fsp3) is 0.286. The number of aromatic nitrogens is 2. The molecule has 1 aliphatic rings. The molecule has 0 aliphatic heterocycles. The molecule has 1 aromatic heterocycles. The van der Waals surface area contributed by atoms with E-state index >= 15 is 0 Å². The Morgan fingerprint density at radius 1 is 1.37 bits per heavy atom. The SMILES string of the molecule is NC1CCCc2nc(-c3cc(Br)ccc3Cl)ncc21. The van der Waals surface area contributed by atoms with Crippen LogP contribution in [0, 0.1) is 0 Å². The van der Waals surface area contributed by atoms with E-state index in [9.17, 15) is 0 Å². The molecule has 0 spiro atoms. The first kappa shape index (κ1) is 13.0. The zero-order valence-electron chi connectivity index (χ0n) is 10.2. The first-order valence-electron chi connectivity index (χ1n) is 6.22. The average Bonchev–Trinajstić information content (AvgIpc) is 2.41. The molecule has 1 aliphatic carbocycles. The summed E-state index contributed by atoms with van der Waals surface area (Å²) in [5.41, 5.74) is 9.05. The van der Waals surface area contributed by atoms with E-state index in [2.05, 4.69) is 25.9 Å². The highest BCUT2D eigenvalue weighted by molar-refractivity contribution is 9.10. The third-order valence-electron chi connectivity index (χ3n) is 3.40. The number of hydrogen-bond donors (Lipinski definition) is 1. The standard InChI is InChI=1S/C14H13BrClN3/c15-8-4-5-11(16)9(6-8)14-18-7-10-12(17)2-1-3-13(10)19-14/h4-7,12H,1-3,17H2. The lowest BCUT2D eigenvalue weighted by Gasteiger charge is -2.21. The zero-order valence-corrected chi connectivity index (χ0v) is 12.6. The molecule has 3 rings (SSSR count). The minimum absolute atomic E-state index is 0.0655. The van der Waals surface area contributed by atoms with Gasteiger partial charge in [0.05, 0.1) is 5.02 Å². The third kappa shape index (κ3) is 2.53. The predicted octanol–water partition coefficient (Wildman–Crippen LogP) is 3.90. The summed E-state index contributed by atoms with van der Waals surface area (Å²) in [5.74, 6) is 0.666. The normalized spacial score (nSPS) is 18.2. The smallest absolute Gasteiger partial charge is 0.160 e. The summed E-state index contributed by atoms with van der Waals surface area (Å²) in [5, 5.41) is 0.656. The van der Waals surface area contributed by atoms with Gasteiger partial charge in [0.1, 0.15) is 0 Å². The summed E-state index contributed by atoms with van der Waals surface area (Å²) < 4.78 is 0.963. The van der Waals surface area contributed by atoms with Gasteiger partial charge in [-0.1, -0.05) is 27.5 Å². The van der Waals surface area contributed by atoms with Crippen molar-refractivity contribution < 1.29 is 0 Å². The molecule has 2 N–H and O–H groups in total. The van der Waals surface area contributed by atoms with Gasteiger partial charge in [0.15, 0.2) is 5.82 Å². The van der Waals surface area contributed by atoms with Gasteiger partial charge in [-0.2, -0.15) is 0 Å². The van der Waals surface area contributed by atoms with Crippen molar-refractivity contribution in [3.05, 3.63) is 45.1 Å². The second kappa shape index (κ2) is 5.19. The molecular weight excluding hydrogens is 326 g/mol. The number of nitrogens with zero attached hydrogens (tertiary/aromatic N) is 2. The average molecular weight is 339 g/mol. The number of fused-ring (bicyclic) bond motifs is 1. The molecule has 0 radical (unpaired) electrons. The Labute approximate surface area is 125 Å². The van der Waals surface area contributed by atoms with Crippen LogP contribution in [0.25, 0.3) is 11.4 Å². The van der Waals surface area contributed by atoms with Gasteiger partial charge in [-0.05, 0) is 37.5 Å². The number of aryl methyl sites for hydroxylation is 1. The van der Waals surface area contributed by atoms with Crippen LogP contribution in [0.15, 0.2) is 28.9 Å². The van der Waals surface area contributed by atoms with Gasteiger partial charge >= 0.3 is 0 Å². The molecule has 2 aromatic rings. The molecule has 19 heavy (non-hydrogen) atoms. The lowest BCUT2D eigenvalue weighted by atomic mass is 9.93. The Hall–Kier alpha value is -0.970. The van der Waals surface area contributed by atoms with Gasteiger partial charge in [0.25, 0.3) is 0 Å². The van der Waals surface area contributed by atoms with Crippen LogP contribution >= 0.6 is 27.5 Å². The fourth-order valence-corrected chi connectivity index (χ4v) is 2.94. The van der Waals surface area contributed by atoms with E-state index in [1.165, 1.54) is 0 Å². The van der Waals surface area contributed by atoms with Crippen molar-refractivity contribution in [3.8, 4) is 11.4 Å². The second-order valence-corrected chi connectivity index (χ2v) is 6.04. The maximum atomic E-state index is 6.22. The molecule has 0 amide bonds. The van der Waals surface area contributed by atoms with Crippen molar-refractivity contribution in [1.82, 2.24) is 9.97 Å². The van der Waals surface area contributed by atoms with Crippen LogP contribution < -0.4 is 5.73 Å². The van der Waals surface area contributed by atoms with E-state index in [0.29, 0.717) is 10.8 Å². The highest BCUT2D eigenvalue weighted by atomic mass is 79.9. The van der Waals surface area contributed by atoms with Crippen molar-refractivity contribution in [2.45, 2.75) is 25.3 Å². The maximum Gasteiger partial charge on any atom is 0.160 e. The van der Waals surface area contributed by atoms with Gasteiger partial charge in [-0.3, -0.25) is 0 Å². The molecule has 1 atom stereocenters. The molecular formula is C14H13BrClN3. The van der Waals surface area contributed by atoms with Crippen LogP contribution in [0.3, 0.4) is 0 Å². The minimum atomic E-state index is 0.0655. The molecule has 0 saturated carbocycles. The van der Waals surface area contributed by atoms with Crippen molar-refractivity contribution in [1.29, 1.82) is 0 Å². The molecule has 5 heteroatoms. The van der Waals surface area contributed by atoms with Crippen molar-refractivity contribution in [3.63, 3.8) is 0 Å². The highest BCUT2D eigenvalue weighted by Gasteiger charge is 2.19. The van der Waals surface area contributed by atoms with Crippen molar-refractivity contribution in [2.75, 3.05) is 0 Å². The topological polar surface area (TPSA) is 51.8 Å². The number of nitrogens with two attached hydrogens (primary N) is 1. The molecule has 98 valence electrons. The summed E-state index contributed by atoms with van der Waals surface area (Å²) in [7, 11) is 0. The highest BCUT2D eigenvalue weighted by Crippen LogP contribution is 2.31. The predicted molar refractivity (Wildman–Crippen MR) is 80.0 cm³/mol. The van der Waals surface area contributed by atoms with Gasteiger partial charge < -0.3 is 5.73 Å². The summed E-state index contributed by atoms with van der Waals surface area (Å²) in [6.07, 6.45) is 4.90. The number of halogens is 2. The molecule has 3 nitrogen and oxygen atoms in total. The van der Waals surface area contributed by atoms with Gasteiger partial charge in [0, 0.05) is 33.5 Å². The summed E-state index contributed by atoms with van der Waals surface area (Å²) in [4.78, 5) is 9.06. The Bertz CT molecular complexity index is 630. The zero-order chi connectivity index (χ0) is 13.4. The number of benzene rings is 1. The maximum absolute atomic E-state index is 6.22. The molecule has 1 unspecified atom stereocenters. The Kier molecular flexibility index (Phi) is 3.56. The molecule has 1 heterocycles. The molecule has 0 fully saturated rings. The summed E-state index contributed by atoms with van der Waals surface area (Å²) >= 11 is 9.66. The van der Waals surface area contributed by atoms with E-state index in [1.54, 1.807) is 0 Å². The molecule has 1 aromatic carbocycles. The van der Waals surface area contributed by atoms with Crippen molar-refractivity contribution in [2.24, 2.45) is 5.73 Å². The second-order valence-electron chi connectivity index (χ2n) is 4.72. The third-order valence-corrected chi connectivity index (χ3v) is 4.22.